The lowest BCUT2D eigenvalue weighted by molar-refractivity contribution is 0.0816. The van der Waals surface area contributed by atoms with Gasteiger partial charge in [0.05, 0.1) is 25.9 Å². The Hall–Kier alpha value is -3.13. The topological polar surface area (TPSA) is 76.4 Å². The fraction of sp³-hybridized carbons (Fsp3) is 0.118. The molecule has 22 heavy (non-hydrogen) atoms. The third-order valence-corrected chi connectivity index (χ3v) is 3.10. The number of benzene rings is 2. The zero-order chi connectivity index (χ0) is 16.1. The fourth-order valence-corrected chi connectivity index (χ4v) is 1.90. The number of carbonyl (C=O) groups excluding carboxylic acids is 2. The number of hydrogen-bond donors (Lipinski definition) is 0. The summed E-state index contributed by atoms with van der Waals surface area (Å²) < 4.78 is 10.2. The number of ketones is 2. The van der Waals surface area contributed by atoms with Crippen molar-refractivity contribution in [2.24, 2.45) is 0 Å². The molecule has 2 rings (SSSR count). The van der Waals surface area contributed by atoms with E-state index < -0.39 is 11.6 Å². The van der Waals surface area contributed by atoms with Gasteiger partial charge < -0.3 is 9.47 Å². The molecule has 2 aromatic rings. The summed E-state index contributed by atoms with van der Waals surface area (Å²) in [4.78, 5) is 24.5. The number of rotatable bonds is 5. The van der Waals surface area contributed by atoms with Gasteiger partial charge >= 0.3 is 0 Å². The minimum atomic E-state index is -0.665. The van der Waals surface area contributed by atoms with Gasteiger partial charge in [0.25, 0.3) is 0 Å². The van der Waals surface area contributed by atoms with Gasteiger partial charge in [-0.05, 0) is 36.4 Å². The number of hydrogen-bond acceptors (Lipinski definition) is 5. The predicted octanol–water partition coefficient (Wildman–Crippen LogP) is 2.64. The Kier molecular flexibility index (Phi) is 4.54. The van der Waals surface area contributed by atoms with E-state index in [1.165, 1.54) is 50.6 Å². The second kappa shape index (κ2) is 6.55. The van der Waals surface area contributed by atoms with Crippen LogP contribution in [0.1, 0.15) is 26.3 Å². The second-order valence-corrected chi connectivity index (χ2v) is 4.45. The van der Waals surface area contributed by atoms with Crippen LogP contribution in [0.5, 0.6) is 11.5 Å². The van der Waals surface area contributed by atoms with Crippen LogP contribution in [-0.4, -0.2) is 25.8 Å². The van der Waals surface area contributed by atoms with E-state index in [2.05, 4.69) is 0 Å². The van der Waals surface area contributed by atoms with Crippen molar-refractivity contribution >= 4 is 11.6 Å². The maximum absolute atomic E-state index is 12.3. The normalized spacial score (nSPS) is 9.68. The minimum Gasteiger partial charge on any atom is -0.497 e. The Labute approximate surface area is 127 Å². The summed E-state index contributed by atoms with van der Waals surface area (Å²) in [5.41, 5.74) is 0.836. The molecule has 0 bridgehead atoms. The zero-order valence-electron chi connectivity index (χ0n) is 12.1. The molecule has 0 unspecified atom stereocenters. The molecular formula is C17H13NO4. The quantitative estimate of drug-likeness (QED) is 0.626. The van der Waals surface area contributed by atoms with Crippen molar-refractivity contribution in [2.45, 2.75) is 0 Å². The van der Waals surface area contributed by atoms with Crippen LogP contribution in [0.4, 0.5) is 0 Å². The Balaban J connectivity index is 2.34. The molecule has 0 aliphatic rings. The molecule has 0 saturated carbocycles. The average Bonchev–Trinajstić information content (AvgIpc) is 2.59. The molecule has 0 aromatic heterocycles. The van der Waals surface area contributed by atoms with E-state index >= 15 is 0 Å². The van der Waals surface area contributed by atoms with Crippen molar-refractivity contribution in [1.29, 1.82) is 5.26 Å². The highest BCUT2D eigenvalue weighted by Gasteiger charge is 2.20. The van der Waals surface area contributed by atoms with E-state index in [-0.39, 0.29) is 11.1 Å². The second-order valence-electron chi connectivity index (χ2n) is 4.45. The maximum Gasteiger partial charge on any atom is 0.233 e. The van der Waals surface area contributed by atoms with Gasteiger partial charge in [0.15, 0.2) is 0 Å². The van der Waals surface area contributed by atoms with Crippen molar-refractivity contribution in [1.82, 2.24) is 0 Å². The molecule has 0 aliphatic heterocycles. The highest BCUT2D eigenvalue weighted by molar-refractivity contribution is 6.49. The molecule has 5 nitrogen and oxygen atoms in total. The van der Waals surface area contributed by atoms with Gasteiger partial charge in [0, 0.05) is 17.2 Å². The van der Waals surface area contributed by atoms with Crippen LogP contribution in [0.15, 0.2) is 42.5 Å². The van der Waals surface area contributed by atoms with Gasteiger partial charge in [0.2, 0.25) is 11.6 Å². The predicted molar refractivity (Wildman–Crippen MR) is 79.4 cm³/mol. The number of nitrogens with zero attached hydrogens (tertiary/aromatic N) is 1. The van der Waals surface area contributed by atoms with E-state index in [9.17, 15) is 9.59 Å². The summed E-state index contributed by atoms with van der Waals surface area (Å²) in [5.74, 6) is -0.465. The summed E-state index contributed by atoms with van der Waals surface area (Å²) in [7, 11) is 2.93. The van der Waals surface area contributed by atoms with Crippen LogP contribution >= 0.6 is 0 Å². The van der Waals surface area contributed by atoms with Crippen molar-refractivity contribution < 1.29 is 19.1 Å². The third kappa shape index (κ3) is 3.13. The molecule has 0 fully saturated rings. The first-order valence-electron chi connectivity index (χ1n) is 6.41. The van der Waals surface area contributed by atoms with Crippen molar-refractivity contribution in [3.05, 3.63) is 59.2 Å². The number of nitriles is 1. The van der Waals surface area contributed by atoms with E-state index in [4.69, 9.17) is 14.7 Å². The Bertz CT molecular complexity index is 735. The fourth-order valence-electron chi connectivity index (χ4n) is 1.90. The standard InChI is InChI=1S/C17H13NO4/c1-21-14-7-13(8-15(9-14)22-2)17(20)16(19)12-5-3-11(10-18)4-6-12/h3-9H,1-2H3. The van der Waals surface area contributed by atoms with Gasteiger partial charge in [-0.3, -0.25) is 9.59 Å². The van der Waals surface area contributed by atoms with Crippen molar-refractivity contribution in [2.75, 3.05) is 14.2 Å². The van der Waals surface area contributed by atoms with Crippen LogP contribution in [0.2, 0.25) is 0 Å². The molecule has 0 saturated heterocycles. The Morgan fingerprint density at radius 3 is 1.82 bits per heavy atom. The smallest absolute Gasteiger partial charge is 0.233 e. The molecule has 0 atom stereocenters. The highest BCUT2D eigenvalue weighted by Crippen LogP contribution is 2.23. The average molecular weight is 295 g/mol. The molecule has 0 N–H and O–H groups in total. The molecule has 0 heterocycles. The van der Waals surface area contributed by atoms with Crippen molar-refractivity contribution in [3.8, 4) is 17.6 Å². The summed E-state index contributed by atoms with van der Waals surface area (Å²) in [6, 6.07) is 12.4. The van der Waals surface area contributed by atoms with Crippen molar-refractivity contribution in [3.63, 3.8) is 0 Å². The lowest BCUT2D eigenvalue weighted by Gasteiger charge is -2.07. The van der Waals surface area contributed by atoms with Crippen LogP contribution in [0, 0.1) is 11.3 Å². The van der Waals surface area contributed by atoms with Gasteiger partial charge in [-0.25, -0.2) is 0 Å². The maximum atomic E-state index is 12.3. The lowest BCUT2D eigenvalue weighted by Crippen LogP contribution is -2.14. The zero-order valence-corrected chi connectivity index (χ0v) is 12.1. The number of ether oxygens (including phenoxy) is 2. The number of Topliss-reactive ketones (excluding diaryl/α,β-unsaturated/α-hetero) is 2. The summed E-state index contributed by atoms with van der Waals surface area (Å²) in [6.45, 7) is 0. The molecule has 0 spiro atoms. The van der Waals surface area contributed by atoms with Crippen LogP contribution < -0.4 is 9.47 Å². The molecular weight excluding hydrogens is 282 g/mol. The molecule has 0 radical (unpaired) electrons. The minimum absolute atomic E-state index is 0.186. The SMILES string of the molecule is COc1cc(OC)cc(C(=O)C(=O)c2ccc(C#N)cc2)c1. The van der Waals surface area contributed by atoms with Gasteiger partial charge in [-0.2, -0.15) is 5.26 Å². The molecule has 0 amide bonds. The van der Waals surface area contributed by atoms with Gasteiger partial charge in [-0.1, -0.05) is 0 Å². The largest absolute Gasteiger partial charge is 0.497 e. The van der Waals surface area contributed by atoms with Crippen LogP contribution in [0.25, 0.3) is 0 Å². The number of carbonyl (C=O) groups is 2. The first-order chi connectivity index (χ1) is 10.6. The lowest BCUT2D eigenvalue weighted by atomic mass is 10.0. The Morgan fingerprint density at radius 2 is 1.36 bits per heavy atom. The molecule has 110 valence electrons. The monoisotopic (exact) mass is 295 g/mol. The van der Waals surface area contributed by atoms with E-state index in [0.29, 0.717) is 17.1 Å². The summed E-state index contributed by atoms with van der Waals surface area (Å²) in [6.07, 6.45) is 0. The molecule has 0 aliphatic carbocycles. The van der Waals surface area contributed by atoms with E-state index in [1.807, 2.05) is 6.07 Å². The van der Waals surface area contributed by atoms with E-state index in [0.717, 1.165) is 0 Å². The Morgan fingerprint density at radius 1 is 0.864 bits per heavy atom. The highest BCUT2D eigenvalue weighted by atomic mass is 16.5. The third-order valence-electron chi connectivity index (χ3n) is 3.10. The number of methoxy groups -OCH3 is 2. The van der Waals surface area contributed by atoms with E-state index in [1.54, 1.807) is 6.07 Å². The van der Waals surface area contributed by atoms with Gasteiger partial charge in [-0.15, -0.1) is 0 Å². The molecule has 2 aromatic carbocycles. The first-order valence-corrected chi connectivity index (χ1v) is 6.41. The van der Waals surface area contributed by atoms with Crippen LogP contribution in [-0.2, 0) is 0 Å². The summed E-state index contributed by atoms with van der Waals surface area (Å²) >= 11 is 0. The molecule has 5 heteroatoms. The summed E-state index contributed by atoms with van der Waals surface area (Å²) in [5, 5.41) is 8.74. The van der Waals surface area contributed by atoms with Gasteiger partial charge in [0.1, 0.15) is 11.5 Å². The van der Waals surface area contributed by atoms with Crippen LogP contribution in [0.3, 0.4) is 0 Å². The first kappa shape index (κ1) is 15.3.